The maximum atomic E-state index is 13.0. The minimum Gasteiger partial charge on any atom is -0.325 e. The number of para-hydroxylation sites is 2. The van der Waals surface area contributed by atoms with Gasteiger partial charge in [-0.05, 0) is 49.1 Å². The summed E-state index contributed by atoms with van der Waals surface area (Å²) >= 11 is 0. The van der Waals surface area contributed by atoms with Crippen molar-refractivity contribution in [3.8, 4) is 0 Å². The average molecular weight is 372 g/mol. The zero-order valence-corrected chi connectivity index (χ0v) is 16.1. The van der Waals surface area contributed by atoms with Gasteiger partial charge in [0.1, 0.15) is 5.92 Å². The van der Waals surface area contributed by atoms with Crippen LogP contribution in [-0.4, -0.2) is 11.8 Å². The van der Waals surface area contributed by atoms with E-state index in [4.69, 9.17) is 0 Å². The van der Waals surface area contributed by atoms with E-state index in [-0.39, 0.29) is 11.8 Å². The van der Waals surface area contributed by atoms with Crippen molar-refractivity contribution in [3.63, 3.8) is 0 Å². The molecule has 3 rings (SSSR count). The second-order valence-corrected chi connectivity index (χ2v) is 6.85. The Labute approximate surface area is 165 Å². The van der Waals surface area contributed by atoms with Gasteiger partial charge < -0.3 is 10.6 Å². The lowest BCUT2D eigenvalue weighted by Crippen LogP contribution is -2.35. The molecule has 2 amide bonds. The fraction of sp³-hybridized carbons (Fsp3) is 0.167. The number of aryl methyl sites for hydroxylation is 2. The van der Waals surface area contributed by atoms with Crippen molar-refractivity contribution in [2.45, 2.75) is 20.3 Å². The molecule has 4 nitrogen and oxygen atoms in total. The molecule has 142 valence electrons. The van der Waals surface area contributed by atoms with Crippen LogP contribution in [0, 0.1) is 19.8 Å². The summed E-state index contributed by atoms with van der Waals surface area (Å²) in [5.41, 5.74) is 4.28. The lowest BCUT2D eigenvalue weighted by Gasteiger charge is -2.18. The third-order valence-electron chi connectivity index (χ3n) is 4.72. The SMILES string of the molecule is Cc1ccccc1NC(=O)C(Cc1ccccc1)C(=O)Nc1ccccc1C. The van der Waals surface area contributed by atoms with Gasteiger partial charge in [0.05, 0.1) is 0 Å². The Morgan fingerprint density at radius 1 is 0.679 bits per heavy atom. The van der Waals surface area contributed by atoms with Crippen molar-refractivity contribution in [2.75, 3.05) is 10.6 Å². The molecule has 0 saturated carbocycles. The molecule has 0 atom stereocenters. The fourth-order valence-electron chi connectivity index (χ4n) is 3.02. The summed E-state index contributed by atoms with van der Waals surface area (Å²) < 4.78 is 0. The summed E-state index contributed by atoms with van der Waals surface area (Å²) in [5.74, 6) is -1.48. The molecule has 0 aliphatic rings. The highest BCUT2D eigenvalue weighted by molar-refractivity contribution is 6.11. The number of amides is 2. The van der Waals surface area contributed by atoms with Crippen LogP contribution >= 0.6 is 0 Å². The van der Waals surface area contributed by atoms with E-state index >= 15 is 0 Å². The Balaban J connectivity index is 1.83. The van der Waals surface area contributed by atoms with Crippen molar-refractivity contribution < 1.29 is 9.59 Å². The summed E-state index contributed by atoms with van der Waals surface area (Å²) in [7, 11) is 0. The summed E-state index contributed by atoms with van der Waals surface area (Å²) in [6.45, 7) is 3.85. The quantitative estimate of drug-likeness (QED) is 0.614. The first-order chi connectivity index (χ1) is 13.5. The number of hydrogen-bond acceptors (Lipinski definition) is 2. The summed E-state index contributed by atoms with van der Waals surface area (Å²) in [6, 6.07) is 24.7. The fourth-order valence-corrected chi connectivity index (χ4v) is 3.02. The number of carbonyl (C=O) groups is 2. The minimum absolute atomic E-state index is 0.316. The van der Waals surface area contributed by atoms with Crippen LogP contribution in [0.15, 0.2) is 78.9 Å². The Morgan fingerprint density at radius 2 is 1.11 bits per heavy atom. The first-order valence-corrected chi connectivity index (χ1v) is 9.31. The van der Waals surface area contributed by atoms with E-state index < -0.39 is 5.92 Å². The third kappa shape index (κ3) is 4.86. The van der Waals surface area contributed by atoms with Crippen molar-refractivity contribution in [1.29, 1.82) is 0 Å². The van der Waals surface area contributed by atoms with E-state index in [9.17, 15) is 9.59 Å². The normalized spacial score (nSPS) is 10.5. The van der Waals surface area contributed by atoms with E-state index in [1.54, 1.807) is 0 Å². The van der Waals surface area contributed by atoms with Gasteiger partial charge in [-0.1, -0.05) is 66.7 Å². The monoisotopic (exact) mass is 372 g/mol. The van der Waals surface area contributed by atoms with Crippen LogP contribution in [0.2, 0.25) is 0 Å². The van der Waals surface area contributed by atoms with Crippen molar-refractivity contribution in [2.24, 2.45) is 5.92 Å². The van der Waals surface area contributed by atoms with Crippen LogP contribution in [0.1, 0.15) is 16.7 Å². The summed E-state index contributed by atoms with van der Waals surface area (Å²) in [4.78, 5) is 26.0. The first-order valence-electron chi connectivity index (χ1n) is 9.31. The Morgan fingerprint density at radius 3 is 1.57 bits per heavy atom. The van der Waals surface area contributed by atoms with Crippen LogP contribution in [0.4, 0.5) is 11.4 Å². The molecular weight excluding hydrogens is 348 g/mol. The molecule has 0 bridgehead atoms. The largest absolute Gasteiger partial charge is 0.325 e. The zero-order chi connectivity index (χ0) is 19.9. The number of benzene rings is 3. The molecule has 2 N–H and O–H groups in total. The maximum absolute atomic E-state index is 13.0. The van der Waals surface area contributed by atoms with Crippen LogP contribution in [0.3, 0.4) is 0 Å². The molecule has 0 aromatic heterocycles. The predicted octanol–water partition coefficient (Wildman–Crippen LogP) is 4.74. The topological polar surface area (TPSA) is 58.2 Å². The molecular formula is C24H24N2O2. The molecule has 0 spiro atoms. The van der Waals surface area contributed by atoms with Gasteiger partial charge in [-0.2, -0.15) is 0 Å². The second-order valence-electron chi connectivity index (χ2n) is 6.85. The number of carbonyl (C=O) groups excluding carboxylic acids is 2. The number of rotatable bonds is 6. The molecule has 3 aromatic carbocycles. The smallest absolute Gasteiger partial charge is 0.237 e. The van der Waals surface area contributed by atoms with Crippen molar-refractivity contribution >= 4 is 23.2 Å². The summed E-state index contributed by atoms with van der Waals surface area (Å²) in [6.07, 6.45) is 0.330. The van der Waals surface area contributed by atoms with Crippen molar-refractivity contribution in [3.05, 3.63) is 95.6 Å². The van der Waals surface area contributed by atoms with E-state index in [0.29, 0.717) is 17.8 Å². The van der Waals surface area contributed by atoms with Gasteiger partial charge in [-0.25, -0.2) is 0 Å². The van der Waals surface area contributed by atoms with Crippen molar-refractivity contribution in [1.82, 2.24) is 0 Å². The Bertz CT molecular complexity index is 908. The zero-order valence-electron chi connectivity index (χ0n) is 16.1. The van der Waals surface area contributed by atoms with Gasteiger partial charge in [0.25, 0.3) is 0 Å². The number of nitrogens with one attached hydrogen (secondary N) is 2. The van der Waals surface area contributed by atoms with E-state index in [1.807, 2.05) is 92.7 Å². The highest BCUT2D eigenvalue weighted by Crippen LogP contribution is 2.19. The molecule has 0 saturated heterocycles. The van der Waals surface area contributed by atoms with Gasteiger partial charge in [-0.3, -0.25) is 9.59 Å². The van der Waals surface area contributed by atoms with Gasteiger partial charge >= 0.3 is 0 Å². The highest BCUT2D eigenvalue weighted by Gasteiger charge is 2.27. The van der Waals surface area contributed by atoms with Gasteiger partial charge in [0, 0.05) is 11.4 Å². The molecule has 28 heavy (non-hydrogen) atoms. The van der Waals surface area contributed by atoms with Gasteiger partial charge in [0.2, 0.25) is 11.8 Å². The van der Waals surface area contributed by atoms with E-state index in [2.05, 4.69) is 10.6 Å². The first kappa shape index (κ1) is 19.4. The standard InChI is InChI=1S/C24H24N2O2/c1-17-10-6-8-14-21(17)25-23(27)20(16-19-12-4-3-5-13-19)24(28)26-22-15-9-7-11-18(22)2/h3-15,20H,16H2,1-2H3,(H,25,27)(H,26,28). The molecule has 3 aromatic rings. The molecule has 0 radical (unpaired) electrons. The molecule has 0 aliphatic carbocycles. The Hall–Kier alpha value is -3.40. The number of hydrogen-bond donors (Lipinski definition) is 2. The van der Waals surface area contributed by atoms with Gasteiger partial charge in [-0.15, -0.1) is 0 Å². The predicted molar refractivity (Wildman–Crippen MR) is 113 cm³/mol. The van der Waals surface area contributed by atoms with E-state index in [0.717, 1.165) is 16.7 Å². The average Bonchev–Trinajstić information content (AvgIpc) is 2.70. The summed E-state index contributed by atoms with van der Waals surface area (Å²) in [5, 5.41) is 5.82. The lowest BCUT2D eigenvalue weighted by atomic mass is 9.97. The van der Waals surface area contributed by atoms with Crippen LogP contribution in [0.5, 0.6) is 0 Å². The van der Waals surface area contributed by atoms with Crippen LogP contribution < -0.4 is 10.6 Å². The molecule has 0 aliphatic heterocycles. The molecule has 0 fully saturated rings. The maximum Gasteiger partial charge on any atom is 0.237 e. The highest BCUT2D eigenvalue weighted by atomic mass is 16.2. The molecule has 0 unspecified atom stereocenters. The lowest BCUT2D eigenvalue weighted by molar-refractivity contribution is -0.129. The molecule has 0 heterocycles. The third-order valence-corrected chi connectivity index (χ3v) is 4.72. The minimum atomic E-state index is -0.846. The van der Waals surface area contributed by atoms with Crippen LogP contribution in [0.25, 0.3) is 0 Å². The number of anilines is 2. The Kier molecular flexibility index (Phi) is 6.22. The molecule has 4 heteroatoms. The van der Waals surface area contributed by atoms with Crippen LogP contribution in [-0.2, 0) is 16.0 Å². The van der Waals surface area contributed by atoms with Gasteiger partial charge in [0.15, 0.2) is 0 Å². The second kappa shape index (κ2) is 9.00. The van der Waals surface area contributed by atoms with E-state index in [1.165, 1.54) is 0 Å².